The van der Waals surface area contributed by atoms with E-state index in [1.54, 1.807) is 35.4 Å². The van der Waals surface area contributed by atoms with Gasteiger partial charge >= 0.3 is 0 Å². The molecule has 2 N–H and O–H groups in total. The van der Waals surface area contributed by atoms with E-state index >= 15 is 0 Å². The molecule has 1 heterocycles. The van der Waals surface area contributed by atoms with Crippen LogP contribution in [-0.2, 0) is 12.1 Å². The first kappa shape index (κ1) is 13.9. The highest BCUT2D eigenvalue weighted by Crippen LogP contribution is 2.36. The third kappa shape index (κ3) is 3.08. The Morgan fingerprint density at radius 3 is 2.84 bits per heavy atom. The molecule has 0 fully saturated rings. The lowest BCUT2D eigenvalue weighted by Gasteiger charge is -2.29. The van der Waals surface area contributed by atoms with E-state index in [0.29, 0.717) is 23.6 Å². The molecule has 2 rings (SSSR count). The van der Waals surface area contributed by atoms with Gasteiger partial charge < -0.3 is 14.8 Å². The standard InChI is InChI=1S/C14H17ClN2O2/c1-2-5-14(19,9-17-7-6-16-10-17)12-8-11(15)3-4-13(12)18/h3-4,6-8,10,18-19H,2,5,9H2,1H3. The zero-order chi connectivity index (χ0) is 13.9. The van der Waals surface area contributed by atoms with Crippen molar-refractivity contribution in [1.82, 2.24) is 9.55 Å². The van der Waals surface area contributed by atoms with Gasteiger partial charge in [-0.15, -0.1) is 0 Å². The van der Waals surface area contributed by atoms with E-state index < -0.39 is 5.60 Å². The van der Waals surface area contributed by atoms with Crippen molar-refractivity contribution >= 4 is 11.6 Å². The predicted molar refractivity (Wildman–Crippen MR) is 74.1 cm³/mol. The van der Waals surface area contributed by atoms with Crippen molar-refractivity contribution in [2.75, 3.05) is 0 Å². The van der Waals surface area contributed by atoms with Crippen LogP contribution in [0.2, 0.25) is 5.02 Å². The summed E-state index contributed by atoms with van der Waals surface area (Å²) < 4.78 is 1.79. The first-order valence-corrected chi connectivity index (χ1v) is 6.60. The summed E-state index contributed by atoms with van der Waals surface area (Å²) in [7, 11) is 0. The normalized spacial score (nSPS) is 14.3. The van der Waals surface area contributed by atoms with Gasteiger partial charge in [-0.3, -0.25) is 0 Å². The number of hydrogen-bond donors (Lipinski definition) is 2. The third-order valence-electron chi connectivity index (χ3n) is 3.13. The Hall–Kier alpha value is -1.52. The van der Waals surface area contributed by atoms with Crippen LogP contribution in [0.1, 0.15) is 25.3 Å². The van der Waals surface area contributed by atoms with Gasteiger partial charge in [0.1, 0.15) is 11.4 Å². The number of hydrogen-bond acceptors (Lipinski definition) is 3. The van der Waals surface area contributed by atoms with Crippen molar-refractivity contribution in [2.45, 2.75) is 31.9 Å². The topological polar surface area (TPSA) is 58.3 Å². The Kier molecular flexibility index (Phi) is 4.12. The van der Waals surface area contributed by atoms with Gasteiger partial charge in [-0.2, -0.15) is 0 Å². The second kappa shape index (κ2) is 5.63. The molecule has 102 valence electrons. The molecule has 4 nitrogen and oxygen atoms in total. The van der Waals surface area contributed by atoms with Crippen molar-refractivity contribution in [3.05, 3.63) is 47.5 Å². The summed E-state index contributed by atoms with van der Waals surface area (Å²) in [5.41, 5.74) is -0.708. The summed E-state index contributed by atoms with van der Waals surface area (Å²) in [5.74, 6) is 0.0560. The van der Waals surface area contributed by atoms with Gasteiger partial charge in [0.05, 0.1) is 12.9 Å². The summed E-state index contributed by atoms with van der Waals surface area (Å²) in [4.78, 5) is 3.96. The van der Waals surface area contributed by atoms with Crippen molar-refractivity contribution < 1.29 is 10.2 Å². The number of rotatable bonds is 5. The average molecular weight is 281 g/mol. The number of aromatic nitrogens is 2. The molecule has 0 spiro atoms. The summed E-state index contributed by atoms with van der Waals surface area (Å²) in [6.45, 7) is 2.31. The molecule has 0 aliphatic carbocycles. The molecule has 0 saturated heterocycles. The Bertz CT molecular complexity index is 542. The Morgan fingerprint density at radius 1 is 1.42 bits per heavy atom. The molecule has 0 bridgehead atoms. The fourth-order valence-corrected chi connectivity index (χ4v) is 2.45. The maximum Gasteiger partial charge on any atom is 0.121 e. The number of halogens is 1. The van der Waals surface area contributed by atoms with E-state index in [2.05, 4.69) is 4.98 Å². The molecule has 5 heteroatoms. The van der Waals surface area contributed by atoms with Gasteiger partial charge in [0.15, 0.2) is 0 Å². The second-order valence-corrected chi connectivity index (χ2v) is 5.11. The lowest BCUT2D eigenvalue weighted by atomic mass is 9.88. The minimum absolute atomic E-state index is 0.0560. The molecule has 0 amide bonds. The molecule has 1 unspecified atom stereocenters. The van der Waals surface area contributed by atoms with Gasteiger partial charge in [-0.05, 0) is 24.6 Å². The molecule has 0 aliphatic heterocycles. The third-order valence-corrected chi connectivity index (χ3v) is 3.36. The largest absolute Gasteiger partial charge is 0.508 e. The number of benzene rings is 1. The van der Waals surface area contributed by atoms with Gasteiger partial charge in [-0.25, -0.2) is 4.98 Å². The van der Waals surface area contributed by atoms with Crippen molar-refractivity contribution in [3.63, 3.8) is 0 Å². The van der Waals surface area contributed by atoms with E-state index in [1.807, 2.05) is 6.92 Å². The maximum atomic E-state index is 10.9. The lowest BCUT2D eigenvalue weighted by molar-refractivity contribution is 0.00685. The van der Waals surface area contributed by atoms with E-state index in [-0.39, 0.29) is 5.75 Å². The summed E-state index contributed by atoms with van der Waals surface area (Å²) in [6, 6.07) is 4.72. The van der Waals surface area contributed by atoms with Crippen molar-refractivity contribution in [2.24, 2.45) is 0 Å². The fraction of sp³-hybridized carbons (Fsp3) is 0.357. The molecular weight excluding hydrogens is 264 g/mol. The minimum Gasteiger partial charge on any atom is -0.508 e. The van der Waals surface area contributed by atoms with Crippen LogP contribution in [0.3, 0.4) is 0 Å². The van der Waals surface area contributed by atoms with E-state index in [4.69, 9.17) is 11.6 Å². The van der Waals surface area contributed by atoms with Crippen LogP contribution in [0.25, 0.3) is 0 Å². The summed E-state index contributed by atoms with van der Waals surface area (Å²) in [6.07, 6.45) is 6.39. The highest BCUT2D eigenvalue weighted by Gasteiger charge is 2.31. The van der Waals surface area contributed by atoms with Crippen LogP contribution in [0, 0.1) is 0 Å². The molecular formula is C14H17ClN2O2. The highest BCUT2D eigenvalue weighted by atomic mass is 35.5. The van der Waals surface area contributed by atoms with Crippen LogP contribution in [-0.4, -0.2) is 19.8 Å². The first-order chi connectivity index (χ1) is 9.05. The predicted octanol–water partition coefficient (Wildman–Crippen LogP) is 2.93. The lowest BCUT2D eigenvalue weighted by Crippen LogP contribution is -2.31. The maximum absolute atomic E-state index is 10.9. The molecule has 0 aliphatic rings. The summed E-state index contributed by atoms with van der Waals surface area (Å²) >= 11 is 5.96. The molecule has 2 aromatic rings. The number of imidazole rings is 1. The SMILES string of the molecule is CCCC(O)(Cn1ccnc1)c1cc(Cl)ccc1O. The van der Waals surface area contributed by atoms with Crippen LogP contribution in [0.15, 0.2) is 36.9 Å². The van der Waals surface area contributed by atoms with Crippen molar-refractivity contribution in [3.8, 4) is 5.75 Å². The number of phenols is 1. The van der Waals surface area contributed by atoms with E-state index in [0.717, 1.165) is 6.42 Å². The Morgan fingerprint density at radius 2 is 2.21 bits per heavy atom. The summed E-state index contributed by atoms with van der Waals surface area (Å²) in [5, 5.41) is 21.4. The Balaban J connectivity index is 2.40. The number of nitrogens with zero attached hydrogens (tertiary/aromatic N) is 2. The van der Waals surface area contributed by atoms with Crippen LogP contribution in [0.4, 0.5) is 0 Å². The van der Waals surface area contributed by atoms with Gasteiger partial charge in [0.2, 0.25) is 0 Å². The zero-order valence-electron chi connectivity index (χ0n) is 10.8. The molecule has 0 radical (unpaired) electrons. The van der Waals surface area contributed by atoms with Gasteiger partial charge in [0.25, 0.3) is 0 Å². The van der Waals surface area contributed by atoms with E-state index in [1.165, 1.54) is 6.07 Å². The molecule has 0 saturated carbocycles. The molecule has 1 aromatic carbocycles. The minimum atomic E-state index is -1.16. The van der Waals surface area contributed by atoms with Gasteiger partial charge in [0, 0.05) is 23.0 Å². The second-order valence-electron chi connectivity index (χ2n) is 4.68. The smallest absolute Gasteiger partial charge is 0.121 e. The van der Waals surface area contributed by atoms with E-state index in [9.17, 15) is 10.2 Å². The Labute approximate surface area is 117 Å². The highest BCUT2D eigenvalue weighted by molar-refractivity contribution is 6.30. The zero-order valence-corrected chi connectivity index (χ0v) is 11.5. The fourth-order valence-electron chi connectivity index (χ4n) is 2.28. The number of aliphatic hydroxyl groups is 1. The van der Waals surface area contributed by atoms with Crippen LogP contribution >= 0.6 is 11.6 Å². The van der Waals surface area contributed by atoms with Crippen LogP contribution in [0.5, 0.6) is 5.75 Å². The quantitative estimate of drug-likeness (QED) is 0.885. The first-order valence-electron chi connectivity index (χ1n) is 6.22. The van der Waals surface area contributed by atoms with Crippen LogP contribution < -0.4 is 0 Å². The molecule has 1 aromatic heterocycles. The van der Waals surface area contributed by atoms with Gasteiger partial charge in [-0.1, -0.05) is 24.9 Å². The molecule has 1 atom stereocenters. The average Bonchev–Trinajstić information content (AvgIpc) is 2.85. The monoisotopic (exact) mass is 280 g/mol. The number of phenolic OH excluding ortho intramolecular Hbond substituents is 1. The molecule has 19 heavy (non-hydrogen) atoms. The number of aromatic hydroxyl groups is 1. The van der Waals surface area contributed by atoms with Crippen molar-refractivity contribution in [1.29, 1.82) is 0 Å².